The largest absolute Gasteiger partial charge is 0.451 e. The van der Waals surface area contributed by atoms with Crippen LogP contribution in [0.2, 0.25) is 0 Å². The highest BCUT2D eigenvalue weighted by molar-refractivity contribution is 14.1. The summed E-state index contributed by atoms with van der Waals surface area (Å²) in [5.41, 5.74) is 0. The monoisotopic (exact) mass is 365 g/mol. The van der Waals surface area contributed by atoms with Gasteiger partial charge in [0.05, 0.1) is 4.91 Å². The molecule has 2 heterocycles. The zero-order valence-corrected chi connectivity index (χ0v) is 12.2. The highest BCUT2D eigenvalue weighted by Crippen LogP contribution is 2.32. The summed E-state index contributed by atoms with van der Waals surface area (Å²) in [6.45, 7) is 2.52. The lowest BCUT2D eigenvalue weighted by atomic mass is 10.3. The predicted molar refractivity (Wildman–Crippen MR) is 77.0 cm³/mol. The van der Waals surface area contributed by atoms with E-state index >= 15 is 0 Å². The van der Waals surface area contributed by atoms with Crippen LogP contribution in [-0.2, 0) is 4.79 Å². The SMILES string of the molecule is CCN1C(=O)C(=Cc2ccc(I)o2)SC1=S. The average Bonchev–Trinajstić information content (AvgIpc) is 2.74. The molecule has 84 valence electrons. The molecule has 1 fully saturated rings. The van der Waals surface area contributed by atoms with Gasteiger partial charge in [-0.1, -0.05) is 24.0 Å². The van der Waals surface area contributed by atoms with Gasteiger partial charge in [0.25, 0.3) is 5.91 Å². The number of thioether (sulfide) groups is 1. The first kappa shape index (κ1) is 12.1. The molecule has 0 aliphatic carbocycles. The smallest absolute Gasteiger partial charge is 0.266 e. The number of likely N-dealkylation sites (N-methyl/N-ethyl adjacent to an activating group) is 1. The second-order valence-electron chi connectivity index (χ2n) is 3.07. The fourth-order valence-corrected chi connectivity index (χ4v) is 3.11. The van der Waals surface area contributed by atoms with E-state index in [-0.39, 0.29) is 5.91 Å². The van der Waals surface area contributed by atoms with Gasteiger partial charge in [-0.3, -0.25) is 9.69 Å². The second-order valence-corrected chi connectivity index (χ2v) is 5.81. The molecule has 2 rings (SSSR count). The molecule has 1 aromatic heterocycles. The van der Waals surface area contributed by atoms with E-state index < -0.39 is 0 Å². The Bertz CT molecular complexity index is 481. The third kappa shape index (κ3) is 2.33. The Morgan fingerprint density at radius 2 is 2.38 bits per heavy atom. The number of amides is 1. The van der Waals surface area contributed by atoms with Crippen molar-refractivity contribution in [3.8, 4) is 0 Å². The number of nitrogens with zero attached hydrogens (tertiary/aromatic N) is 1. The average molecular weight is 365 g/mol. The fourth-order valence-electron chi connectivity index (χ4n) is 1.31. The summed E-state index contributed by atoms with van der Waals surface area (Å²) in [6, 6.07) is 3.69. The Morgan fingerprint density at radius 1 is 1.62 bits per heavy atom. The van der Waals surface area contributed by atoms with Gasteiger partial charge in [-0.25, -0.2) is 0 Å². The number of carbonyl (C=O) groups excluding carboxylic acids is 1. The van der Waals surface area contributed by atoms with E-state index in [4.69, 9.17) is 16.6 Å². The minimum atomic E-state index is -0.0380. The molecule has 1 amide bonds. The van der Waals surface area contributed by atoms with Crippen LogP contribution in [0.25, 0.3) is 6.08 Å². The lowest BCUT2D eigenvalue weighted by Crippen LogP contribution is -2.27. The molecule has 0 bridgehead atoms. The van der Waals surface area contributed by atoms with E-state index in [0.717, 1.165) is 3.77 Å². The van der Waals surface area contributed by atoms with E-state index in [2.05, 4.69) is 22.6 Å². The van der Waals surface area contributed by atoms with Crippen LogP contribution in [0, 0.1) is 3.77 Å². The van der Waals surface area contributed by atoms with Crippen molar-refractivity contribution in [2.24, 2.45) is 0 Å². The molecule has 1 aromatic rings. The van der Waals surface area contributed by atoms with Crippen LogP contribution in [-0.4, -0.2) is 21.7 Å². The Hall–Kier alpha value is -0.340. The van der Waals surface area contributed by atoms with Crippen LogP contribution in [0.4, 0.5) is 0 Å². The molecule has 0 spiro atoms. The van der Waals surface area contributed by atoms with Gasteiger partial charge in [-0.2, -0.15) is 0 Å². The molecule has 3 nitrogen and oxygen atoms in total. The van der Waals surface area contributed by atoms with Gasteiger partial charge < -0.3 is 4.42 Å². The van der Waals surface area contributed by atoms with Crippen molar-refractivity contribution in [3.05, 3.63) is 26.6 Å². The van der Waals surface area contributed by atoms with Crippen molar-refractivity contribution in [3.63, 3.8) is 0 Å². The maximum atomic E-state index is 11.9. The van der Waals surface area contributed by atoms with Gasteiger partial charge in [0.2, 0.25) is 0 Å². The molecule has 0 N–H and O–H groups in total. The van der Waals surface area contributed by atoms with Crippen molar-refractivity contribution in [2.45, 2.75) is 6.92 Å². The van der Waals surface area contributed by atoms with Crippen LogP contribution in [0.3, 0.4) is 0 Å². The molecule has 0 saturated carbocycles. The third-order valence-electron chi connectivity index (χ3n) is 2.06. The third-order valence-corrected chi connectivity index (χ3v) is 4.01. The van der Waals surface area contributed by atoms with Crippen LogP contribution >= 0.6 is 46.6 Å². The standard InChI is InChI=1S/C10H8INO2S2/c1-2-12-9(13)7(16-10(12)15)5-6-3-4-8(11)14-6/h3-5H,2H2,1H3. The summed E-state index contributed by atoms with van der Waals surface area (Å²) in [4.78, 5) is 14.1. The predicted octanol–water partition coefficient (Wildman–Crippen LogP) is 3.11. The Balaban J connectivity index is 2.27. The van der Waals surface area contributed by atoms with Gasteiger partial charge in [0.1, 0.15) is 10.1 Å². The maximum Gasteiger partial charge on any atom is 0.266 e. The topological polar surface area (TPSA) is 33.5 Å². The van der Waals surface area contributed by atoms with Gasteiger partial charge in [0, 0.05) is 12.6 Å². The zero-order valence-electron chi connectivity index (χ0n) is 8.40. The molecular formula is C10H8INO2S2. The molecule has 1 aliphatic heterocycles. The number of thiocarbonyl (C=S) groups is 1. The number of hydrogen-bond donors (Lipinski definition) is 0. The Kier molecular flexibility index (Phi) is 3.70. The fraction of sp³-hybridized carbons (Fsp3) is 0.200. The molecule has 1 saturated heterocycles. The van der Waals surface area contributed by atoms with E-state index in [9.17, 15) is 4.79 Å². The molecule has 0 aromatic carbocycles. The summed E-state index contributed by atoms with van der Waals surface area (Å²) < 4.78 is 6.79. The number of carbonyl (C=O) groups is 1. The van der Waals surface area contributed by atoms with E-state index in [1.165, 1.54) is 11.8 Å². The first-order valence-corrected chi connectivity index (χ1v) is 6.93. The van der Waals surface area contributed by atoms with Gasteiger partial charge >= 0.3 is 0 Å². The Labute approximate surface area is 116 Å². The summed E-state index contributed by atoms with van der Waals surface area (Å²) in [5, 5.41) is 0. The minimum Gasteiger partial charge on any atom is -0.451 e. The van der Waals surface area contributed by atoms with Gasteiger partial charge in [-0.15, -0.1) is 0 Å². The number of hydrogen-bond acceptors (Lipinski definition) is 4. The van der Waals surface area contributed by atoms with E-state index in [0.29, 0.717) is 21.5 Å². The second kappa shape index (κ2) is 4.89. The summed E-state index contributed by atoms with van der Waals surface area (Å²) in [6.07, 6.45) is 1.73. The highest BCUT2D eigenvalue weighted by atomic mass is 127. The van der Waals surface area contributed by atoms with Crippen LogP contribution in [0.15, 0.2) is 21.5 Å². The molecule has 1 aliphatic rings. The zero-order chi connectivity index (χ0) is 11.7. The molecular weight excluding hydrogens is 357 g/mol. The maximum absolute atomic E-state index is 11.9. The van der Waals surface area contributed by atoms with Crippen LogP contribution < -0.4 is 0 Å². The van der Waals surface area contributed by atoms with Crippen LogP contribution in [0.5, 0.6) is 0 Å². The lowest BCUT2D eigenvalue weighted by molar-refractivity contribution is -0.121. The quantitative estimate of drug-likeness (QED) is 0.458. The first-order chi connectivity index (χ1) is 7.61. The first-order valence-electron chi connectivity index (χ1n) is 4.62. The summed E-state index contributed by atoms with van der Waals surface area (Å²) >= 11 is 8.51. The molecule has 0 atom stereocenters. The van der Waals surface area contributed by atoms with Crippen molar-refractivity contribution >= 4 is 62.9 Å². The molecule has 0 radical (unpaired) electrons. The van der Waals surface area contributed by atoms with Crippen molar-refractivity contribution in [1.29, 1.82) is 0 Å². The summed E-state index contributed by atoms with van der Waals surface area (Å²) in [5.74, 6) is 0.643. The van der Waals surface area contributed by atoms with E-state index in [1.54, 1.807) is 11.0 Å². The summed E-state index contributed by atoms with van der Waals surface area (Å²) in [7, 11) is 0. The van der Waals surface area contributed by atoms with Crippen molar-refractivity contribution < 1.29 is 9.21 Å². The molecule has 0 unspecified atom stereocenters. The Morgan fingerprint density at radius 3 is 2.88 bits per heavy atom. The highest BCUT2D eigenvalue weighted by Gasteiger charge is 2.30. The lowest BCUT2D eigenvalue weighted by Gasteiger charge is -2.09. The number of rotatable bonds is 2. The number of furan rings is 1. The van der Waals surface area contributed by atoms with Crippen molar-refractivity contribution in [1.82, 2.24) is 4.90 Å². The normalized spacial score (nSPS) is 18.9. The van der Waals surface area contributed by atoms with Gasteiger partial charge in [0.15, 0.2) is 3.77 Å². The van der Waals surface area contributed by atoms with E-state index in [1.807, 2.05) is 19.1 Å². The minimum absolute atomic E-state index is 0.0380. The number of halogens is 1. The molecule has 6 heteroatoms. The molecule has 16 heavy (non-hydrogen) atoms. The van der Waals surface area contributed by atoms with Crippen molar-refractivity contribution in [2.75, 3.05) is 6.54 Å². The van der Waals surface area contributed by atoms with Crippen LogP contribution in [0.1, 0.15) is 12.7 Å². The van der Waals surface area contributed by atoms with Gasteiger partial charge in [-0.05, 0) is 41.6 Å².